The van der Waals surface area contributed by atoms with E-state index >= 15 is 0 Å². The fourth-order valence-electron chi connectivity index (χ4n) is 2.27. The van der Waals surface area contributed by atoms with Crippen molar-refractivity contribution in [3.8, 4) is 0 Å². The van der Waals surface area contributed by atoms with Crippen molar-refractivity contribution in [1.29, 1.82) is 0 Å². The number of aromatic nitrogens is 1. The van der Waals surface area contributed by atoms with Crippen LogP contribution < -0.4 is 10.6 Å². The fraction of sp³-hybridized carbons (Fsp3) is 0.0526. The summed E-state index contributed by atoms with van der Waals surface area (Å²) in [6.07, 6.45) is 1.62. The van der Waals surface area contributed by atoms with Crippen LogP contribution in [0.1, 0.15) is 15.9 Å². The maximum Gasteiger partial charge on any atom is 0.255 e. The summed E-state index contributed by atoms with van der Waals surface area (Å²) in [7, 11) is 0. The number of benzene rings is 2. The van der Waals surface area contributed by atoms with Crippen LogP contribution >= 0.6 is 15.9 Å². The zero-order valence-corrected chi connectivity index (χ0v) is 14.7. The van der Waals surface area contributed by atoms with Gasteiger partial charge < -0.3 is 10.6 Å². The van der Waals surface area contributed by atoms with E-state index in [0.29, 0.717) is 11.4 Å². The van der Waals surface area contributed by atoms with Gasteiger partial charge in [0.05, 0.1) is 5.69 Å². The Labute approximate surface area is 149 Å². The van der Waals surface area contributed by atoms with Crippen LogP contribution in [0.15, 0.2) is 71.3 Å². The molecule has 0 atom stereocenters. The number of anilines is 3. The van der Waals surface area contributed by atoms with Crippen molar-refractivity contribution in [2.75, 3.05) is 10.6 Å². The maximum absolute atomic E-state index is 12.4. The number of hydrogen-bond acceptors (Lipinski definition) is 3. The van der Waals surface area contributed by atoms with Crippen molar-refractivity contribution in [1.82, 2.24) is 4.98 Å². The lowest BCUT2D eigenvalue weighted by molar-refractivity contribution is 0.102. The molecule has 2 aromatic carbocycles. The SMILES string of the molecule is Cc1cccc(Nc2cc(C(=O)Nc3ccccc3Br)ccn2)c1. The summed E-state index contributed by atoms with van der Waals surface area (Å²) in [4.78, 5) is 16.7. The summed E-state index contributed by atoms with van der Waals surface area (Å²) in [5, 5.41) is 6.10. The van der Waals surface area contributed by atoms with Crippen LogP contribution in [0.5, 0.6) is 0 Å². The van der Waals surface area contributed by atoms with Crippen LogP contribution in [0, 0.1) is 6.92 Å². The molecule has 0 bridgehead atoms. The fourth-order valence-corrected chi connectivity index (χ4v) is 2.65. The number of nitrogens with one attached hydrogen (secondary N) is 2. The van der Waals surface area contributed by atoms with Gasteiger partial charge in [-0.3, -0.25) is 4.79 Å². The minimum Gasteiger partial charge on any atom is -0.340 e. The number of carbonyl (C=O) groups excluding carboxylic acids is 1. The lowest BCUT2D eigenvalue weighted by Crippen LogP contribution is -2.12. The minimum atomic E-state index is -0.184. The number of aryl methyl sites for hydroxylation is 1. The van der Waals surface area contributed by atoms with Crippen molar-refractivity contribution in [2.45, 2.75) is 6.92 Å². The van der Waals surface area contributed by atoms with Crippen molar-refractivity contribution in [3.05, 3.63) is 82.5 Å². The Kier molecular flexibility index (Phi) is 4.91. The van der Waals surface area contributed by atoms with E-state index in [2.05, 4.69) is 31.5 Å². The molecule has 0 saturated heterocycles. The summed E-state index contributed by atoms with van der Waals surface area (Å²) in [5.41, 5.74) is 3.36. The normalized spacial score (nSPS) is 10.2. The second-order valence-electron chi connectivity index (χ2n) is 5.36. The van der Waals surface area contributed by atoms with Gasteiger partial charge in [-0.25, -0.2) is 4.98 Å². The number of nitrogens with zero attached hydrogens (tertiary/aromatic N) is 1. The largest absolute Gasteiger partial charge is 0.340 e. The van der Waals surface area contributed by atoms with Crippen molar-refractivity contribution >= 4 is 39.0 Å². The van der Waals surface area contributed by atoms with E-state index in [4.69, 9.17) is 0 Å². The minimum absolute atomic E-state index is 0.184. The first-order valence-electron chi connectivity index (χ1n) is 7.47. The van der Waals surface area contributed by atoms with Crippen LogP contribution in [0.25, 0.3) is 0 Å². The summed E-state index contributed by atoms with van der Waals surface area (Å²) < 4.78 is 0.838. The lowest BCUT2D eigenvalue weighted by atomic mass is 10.2. The molecule has 0 spiro atoms. The van der Waals surface area contributed by atoms with Gasteiger partial charge in [0.1, 0.15) is 5.82 Å². The van der Waals surface area contributed by atoms with Gasteiger partial charge in [0.2, 0.25) is 0 Å². The van der Waals surface area contributed by atoms with Crippen LogP contribution in [-0.4, -0.2) is 10.9 Å². The number of halogens is 1. The molecule has 0 aliphatic rings. The molecule has 0 saturated carbocycles. The van der Waals surface area contributed by atoms with Crippen molar-refractivity contribution in [3.63, 3.8) is 0 Å². The number of hydrogen-bond donors (Lipinski definition) is 2. The number of para-hydroxylation sites is 1. The lowest BCUT2D eigenvalue weighted by Gasteiger charge is -2.09. The third-order valence-corrected chi connectivity index (χ3v) is 4.13. The predicted octanol–water partition coefficient (Wildman–Crippen LogP) is 5.15. The molecule has 1 aromatic heterocycles. The van der Waals surface area contributed by atoms with E-state index in [9.17, 15) is 4.79 Å². The Balaban J connectivity index is 1.77. The second-order valence-corrected chi connectivity index (χ2v) is 6.21. The summed E-state index contributed by atoms with van der Waals surface area (Å²) in [5.74, 6) is 0.442. The highest BCUT2D eigenvalue weighted by Crippen LogP contribution is 2.22. The van der Waals surface area contributed by atoms with E-state index in [1.54, 1.807) is 18.3 Å². The van der Waals surface area contributed by atoms with Crippen LogP contribution in [-0.2, 0) is 0 Å². The molecule has 0 unspecified atom stereocenters. The Morgan fingerprint density at radius 1 is 1.04 bits per heavy atom. The average Bonchev–Trinajstić information content (AvgIpc) is 2.57. The van der Waals surface area contributed by atoms with Crippen LogP contribution in [0.4, 0.5) is 17.2 Å². The molecular weight excluding hydrogens is 366 g/mol. The molecule has 5 heteroatoms. The first-order valence-corrected chi connectivity index (χ1v) is 8.27. The van der Waals surface area contributed by atoms with E-state index in [-0.39, 0.29) is 5.91 Å². The van der Waals surface area contributed by atoms with Gasteiger partial charge in [0.25, 0.3) is 5.91 Å². The van der Waals surface area contributed by atoms with Gasteiger partial charge in [-0.05, 0) is 64.8 Å². The molecule has 3 rings (SSSR count). The maximum atomic E-state index is 12.4. The molecule has 0 radical (unpaired) electrons. The highest BCUT2D eigenvalue weighted by atomic mass is 79.9. The Bertz CT molecular complexity index is 880. The predicted molar refractivity (Wildman–Crippen MR) is 101 cm³/mol. The van der Waals surface area contributed by atoms with Crippen molar-refractivity contribution in [2.24, 2.45) is 0 Å². The first kappa shape index (κ1) is 16.2. The molecular formula is C19H16BrN3O. The Morgan fingerprint density at radius 3 is 2.67 bits per heavy atom. The van der Waals surface area contributed by atoms with Gasteiger partial charge in [-0.2, -0.15) is 0 Å². The molecule has 1 heterocycles. The summed E-state index contributed by atoms with van der Waals surface area (Å²) in [6.45, 7) is 2.03. The zero-order chi connectivity index (χ0) is 16.9. The number of carbonyl (C=O) groups is 1. The number of amides is 1. The molecule has 2 N–H and O–H groups in total. The highest BCUT2D eigenvalue weighted by Gasteiger charge is 2.09. The quantitative estimate of drug-likeness (QED) is 0.656. The number of rotatable bonds is 4. The standard InChI is InChI=1S/C19H16BrN3O/c1-13-5-4-6-15(11-13)22-18-12-14(9-10-21-18)19(24)23-17-8-3-2-7-16(17)20/h2-12H,1H3,(H,21,22)(H,23,24). The third-order valence-electron chi connectivity index (χ3n) is 3.43. The van der Waals surface area contributed by atoms with Crippen LogP contribution in [0.2, 0.25) is 0 Å². The topological polar surface area (TPSA) is 54.0 Å². The van der Waals surface area contributed by atoms with Crippen molar-refractivity contribution < 1.29 is 4.79 Å². The molecule has 0 aliphatic heterocycles. The van der Waals surface area contributed by atoms with Crippen LogP contribution in [0.3, 0.4) is 0 Å². The van der Waals surface area contributed by atoms with E-state index < -0.39 is 0 Å². The smallest absolute Gasteiger partial charge is 0.255 e. The third kappa shape index (κ3) is 4.00. The van der Waals surface area contributed by atoms with E-state index in [0.717, 1.165) is 21.4 Å². The highest BCUT2D eigenvalue weighted by molar-refractivity contribution is 9.10. The molecule has 0 aliphatic carbocycles. The Hall–Kier alpha value is -2.66. The summed E-state index contributed by atoms with van der Waals surface area (Å²) >= 11 is 3.42. The zero-order valence-electron chi connectivity index (χ0n) is 13.1. The molecule has 1 amide bonds. The van der Waals surface area contributed by atoms with Gasteiger partial charge >= 0.3 is 0 Å². The van der Waals surface area contributed by atoms with E-state index in [1.807, 2.05) is 55.5 Å². The number of pyridine rings is 1. The first-order chi connectivity index (χ1) is 11.6. The molecule has 120 valence electrons. The van der Waals surface area contributed by atoms with Gasteiger partial charge in [0, 0.05) is 21.9 Å². The monoisotopic (exact) mass is 381 g/mol. The second kappa shape index (κ2) is 7.27. The summed E-state index contributed by atoms with van der Waals surface area (Å²) in [6, 6.07) is 18.9. The molecule has 3 aromatic rings. The molecule has 4 nitrogen and oxygen atoms in total. The molecule has 0 fully saturated rings. The average molecular weight is 382 g/mol. The van der Waals surface area contributed by atoms with E-state index in [1.165, 1.54) is 0 Å². The van der Waals surface area contributed by atoms with Gasteiger partial charge in [-0.1, -0.05) is 24.3 Å². The van der Waals surface area contributed by atoms with Gasteiger partial charge in [-0.15, -0.1) is 0 Å². The molecule has 24 heavy (non-hydrogen) atoms. The van der Waals surface area contributed by atoms with Gasteiger partial charge in [0.15, 0.2) is 0 Å². The Morgan fingerprint density at radius 2 is 1.88 bits per heavy atom.